The molecule has 2 saturated carbocycles. The maximum atomic E-state index is 13.3. The van der Waals surface area contributed by atoms with Gasteiger partial charge in [-0.1, -0.05) is 44.9 Å². The van der Waals surface area contributed by atoms with Crippen LogP contribution in [-0.4, -0.2) is 41.3 Å². The molecule has 1 N–H and O–H groups in total. The van der Waals surface area contributed by atoms with E-state index in [2.05, 4.69) is 0 Å². The monoisotopic (exact) mass is 350 g/mol. The van der Waals surface area contributed by atoms with Crippen molar-refractivity contribution in [2.24, 2.45) is 11.3 Å². The summed E-state index contributed by atoms with van der Waals surface area (Å²) < 4.78 is 11.5. The smallest absolute Gasteiger partial charge is 0.187 e. The molecule has 1 spiro atoms. The standard InChI is InChI=1S/C20H30O5/c21-16-9-7-5-3-1-2-4-6-8-10-20(16)14-11-19(23,12-17(20)22)18-24-13-15(14)25-18/h14-15,18,23H,1-13H2/t14-,15+,18+,19+,20-/m0/s1. The Labute approximate surface area is 149 Å². The second-order valence-electron chi connectivity index (χ2n) is 8.58. The minimum atomic E-state index is -1.25. The fraction of sp³-hybridized carbons (Fsp3) is 0.900. The number of aliphatic hydroxyl groups is 1. The molecule has 0 aromatic carbocycles. The third kappa shape index (κ3) is 2.88. The molecule has 0 radical (unpaired) electrons. The van der Waals surface area contributed by atoms with Crippen molar-refractivity contribution >= 4 is 11.6 Å². The molecule has 0 aromatic rings. The van der Waals surface area contributed by atoms with Gasteiger partial charge in [-0.05, 0) is 19.3 Å². The van der Waals surface area contributed by atoms with Crippen LogP contribution in [0.4, 0.5) is 0 Å². The van der Waals surface area contributed by atoms with Crippen LogP contribution in [0.2, 0.25) is 0 Å². The minimum absolute atomic E-state index is 0.00731. The van der Waals surface area contributed by atoms with Crippen molar-refractivity contribution in [3.8, 4) is 0 Å². The number of hydrogen-bond donors (Lipinski definition) is 1. The van der Waals surface area contributed by atoms with E-state index in [1.165, 1.54) is 25.7 Å². The average molecular weight is 350 g/mol. The Balaban J connectivity index is 1.64. The van der Waals surface area contributed by atoms with Crippen LogP contribution >= 0.6 is 0 Å². The molecule has 0 amide bonds. The summed E-state index contributed by atoms with van der Waals surface area (Å²) in [4.78, 5) is 26.5. The third-order valence-electron chi connectivity index (χ3n) is 6.99. The van der Waals surface area contributed by atoms with Gasteiger partial charge in [0.2, 0.25) is 0 Å². The van der Waals surface area contributed by atoms with Crippen LogP contribution in [0.3, 0.4) is 0 Å². The molecule has 4 aliphatic rings. The summed E-state index contributed by atoms with van der Waals surface area (Å²) in [6, 6.07) is 0. The molecule has 2 aliphatic heterocycles. The van der Waals surface area contributed by atoms with Crippen LogP contribution in [0.25, 0.3) is 0 Å². The highest BCUT2D eigenvalue weighted by molar-refractivity contribution is 6.08. The SMILES string of the molecule is O=C1CCCCCCCCCC[C@@]12C(=O)C[C@]1(O)C[C@H]2[C@H]2CO[C@@H]1O2. The van der Waals surface area contributed by atoms with Crippen molar-refractivity contribution in [3.63, 3.8) is 0 Å². The summed E-state index contributed by atoms with van der Waals surface area (Å²) in [5.41, 5.74) is -2.20. The number of fused-ring (bicyclic) bond motifs is 7. The first-order valence-electron chi connectivity index (χ1n) is 10.1. The summed E-state index contributed by atoms with van der Waals surface area (Å²) in [5, 5.41) is 10.9. The van der Waals surface area contributed by atoms with Crippen LogP contribution < -0.4 is 0 Å². The molecule has 4 fully saturated rings. The molecule has 5 heteroatoms. The molecular weight excluding hydrogens is 320 g/mol. The number of Topliss-reactive ketones (excluding diaryl/α,β-unsaturated/α-hetero) is 2. The van der Waals surface area contributed by atoms with Crippen LogP contribution in [0.5, 0.6) is 0 Å². The Hall–Kier alpha value is -0.780. The Bertz CT molecular complexity index is 546. The molecule has 2 saturated heterocycles. The summed E-state index contributed by atoms with van der Waals surface area (Å²) >= 11 is 0. The van der Waals surface area contributed by atoms with Gasteiger partial charge in [0.25, 0.3) is 0 Å². The highest BCUT2D eigenvalue weighted by Crippen LogP contribution is 2.56. The Morgan fingerprint density at radius 3 is 2.36 bits per heavy atom. The van der Waals surface area contributed by atoms with E-state index in [-0.39, 0.29) is 30.0 Å². The van der Waals surface area contributed by atoms with E-state index in [9.17, 15) is 14.7 Å². The third-order valence-corrected chi connectivity index (χ3v) is 6.99. The average Bonchev–Trinajstić information content (AvgIpc) is 3.03. The van der Waals surface area contributed by atoms with Gasteiger partial charge in [-0.2, -0.15) is 0 Å². The zero-order valence-electron chi connectivity index (χ0n) is 15.0. The predicted molar refractivity (Wildman–Crippen MR) is 90.9 cm³/mol. The normalized spacial score (nSPS) is 45.9. The molecule has 2 aliphatic carbocycles. The van der Waals surface area contributed by atoms with Gasteiger partial charge in [0.15, 0.2) is 6.29 Å². The molecular formula is C20H30O5. The van der Waals surface area contributed by atoms with Crippen molar-refractivity contribution < 1.29 is 24.2 Å². The Morgan fingerprint density at radius 2 is 1.60 bits per heavy atom. The molecule has 5 atom stereocenters. The van der Waals surface area contributed by atoms with E-state index in [1.54, 1.807) is 0 Å². The number of hydrogen-bond acceptors (Lipinski definition) is 5. The lowest BCUT2D eigenvalue weighted by molar-refractivity contribution is -0.250. The number of carbonyl (C=O) groups excluding carboxylic acids is 2. The lowest BCUT2D eigenvalue weighted by atomic mass is 9.54. The first kappa shape index (κ1) is 17.6. The van der Waals surface area contributed by atoms with Gasteiger partial charge in [-0.25, -0.2) is 0 Å². The molecule has 2 heterocycles. The molecule has 140 valence electrons. The summed E-state index contributed by atoms with van der Waals surface area (Å²) in [6.45, 7) is 0.389. The second-order valence-corrected chi connectivity index (χ2v) is 8.58. The van der Waals surface area contributed by atoms with Crippen LogP contribution in [0.1, 0.15) is 77.0 Å². The van der Waals surface area contributed by atoms with Gasteiger partial charge >= 0.3 is 0 Å². The van der Waals surface area contributed by atoms with Gasteiger partial charge in [0.05, 0.1) is 18.1 Å². The molecule has 5 nitrogen and oxygen atoms in total. The Morgan fingerprint density at radius 1 is 0.920 bits per heavy atom. The maximum absolute atomic E-state index is 13.3. The van der Waals surface area contributed by atoms with E-state index >= 15 is 0 Å². The van der Waals surface area contributed by atoms with E-state index < -0.39 is 17.3 Å². The van der Waals surface area contributed by atoms with E-state index in [4.69, 9.17) is 9.47 Å². The molecule has 4 bridgehead atoms. The highest BCUT2D eigenvalue weighted by atomic mass is 16.7. The Kier molecular flexibility index (Phi) is 4.76. The van der Waals surface area contributed by atoms with E-state index in [0.717, 1.165) is 25.7 Å². The zero-order chi connectivity index (χ0) is 17.5. The lowest BCUT2D eigenvalue weighted by Crippen LogP contribution is -2.64. The predicted octanol–water partition coefficient (Wildman–Crippen LogP) is 2.92. The zero-order valence-corrected chi connectivity index (χ0v) is 15.0. The van der Waals surface area contributed by atoms with Crippen molar-refractivity contribution in [1.29, 1.82) is 0 Å². The van der Waals surface area contributed by atoms with Gasteiger partial charge in [0, 0.05) is 18.8 Å². The molecule has 0 unspecified atom stereocenters. The van der Waals surface area contributed by atoms with Gasteiger partial charge in [0.1, 0.15) is 17.2 Å². The fourth-order valence-corrected chi connectivity index (χ4v) is 5.61. The van der Waals surface area contributed by atoms with Crippen molar-refractivity contribution in [2.75, 3.05) is 6.61 Å². The van der Waals surface area contributed by atoms with Crippen LogP contribution in [0, 0.1) is 11.3 Å². The van der Waals surface area contributed by atoms with Crippen LogP contribution in [-0.2, 0) is 19.1 Å². The van der Waals surface area contributed by atoms with Crippen molar-refractivity contribution in [2.45, 2.75) is 95.0 Å². The van der Waals surface area contributed by atoms with E-state index in [0.29, 0.717) is 25.9 Å². The summed E-state index contributed by atoms with van der Waals surface area (Å²) in [7, 11) is 0. The van der Waals surface area contributed by atoms with Gasteiger partial charge in [-0.15, -0.1) is 0 Å². The van der Waals surface area contributed by atoms with Gasteiger partial charge in [-0.3, -0.25) is 9.59 Å². The summed E-state index contributed by atoms with van der Waals surface area (Å²) in [5.74, 6) is -0.191. The van der Waals surface area contributed by atoms with Crippen molar-refractivity contribution in [3.05, 3.63) is 0 Å². The number of carbonyl (C=O) groups is 2. The highest BCUT2D eigenvalue weighted by Gasteiger charge is 2.67. The van der Waals surface area contributed by atoms with Crippen molar-refractivity contribution in [1.82, 2.24) is 0 Å². The van der Waals surface area contributed by atoms with Gasteiger partial charge < -0.3 is 14.6 Å². The quantitative estimate of drug-likeness (QED) is 0.680. The van der Waals surface area contributed by atoms with E-state index in [1.807, 2.05) is 0 Å². The maximum Gasteiger partial charge on any atom is 0.187 e. The van der Waals surface area contributed by atoms with Crippen LogP contribution in [0.15, 0.2) is 0 Å². The largest absolute Gasteiger partial charge is 0.384 e. The second kappa shape index (κ2) is 6.75. The summed E-state index contributed by atoms with van der Waals surface area (Å²) in [6.07, 6.45) is 9.40. The fourth-order valence-electron chi connectivity index (χ4n) is 5.61. The molecule has 4 rings (SSSR count). The first-order valence-corrected chi connectivity index (χ1v) is 10.1. The lowest BCUT2D eigenvalue weighted by Gasteiger charge is -2.52. The topological polar surface area (TPSA) is 72.8 Å². The molecule has 0 aromatic heterocycles. The minimum Gasteiger partial charge on any atom is -0.384 e. The number of rotatable bonds is 0. The number of ketones is 2. The molecule has 25 heavy (non-hydrogen) atoms. The first-order chi connectivity index (χ1) is 12.1. The number of ether oxygens (including phenoxy) is 2.